The number of hydrogen-bond donors (Lipinski definition) is 0. The minimum Gasteiger partial charge on any atom is -0.457 e. The van der Waals surface area contributed by atoms with Crippen LogP contribution >= 0.6 is 11.6 Å². The van der Waals surface area contributed by atoms with E-state index in [0.717, 1.165) is 22.4 Å². The van der Waals surface area contributed by atoms with Gasteiger partial charge in [-0.3, -0.25) is 0 Å². The summed E-state index contributed by atoms with van der Waals surface area (Å²) in [5, 5.41) is 0.578. The first-order valence-corrected chi connectivity index (χ1v) is 9.43. The maximum absolute atomic E-state index is 13.0. The van der Waals surface area contributed by atoms with Crippen molar-refractivity contribution in [2.75, 3.05) is 0 Å². The second-order valence-corrected chi connectivity index (χ2v) is 7.18. The van der Waals surface area contributed by atoms with Crippen LogP contribution in [0.4, 0.5) is 8.78 Å². The van der Waals surface area contributed by atoms with Gasteiger partial charge in [0.25, 0.3) is 0 Å². The number of ether oxygens (including phenoxy) is 2. The molecule has 0 saturated heterocycles. The van der Waals surface area contributed by atoms with Crippen molar-refractivity contribution in [2.24, 2.45) is 0 Å². The topological polar surface area (TPSA) is 36.3 Å². The predicted molar refractivity (Wildman–Crippen MR) is 106 cm³/mol. The first kappa shape index (κ1) is 17.9. The average Bonchev–Trinajstić information content (AvgIpc) is 3.03. The number of benzene rings is 3. The van der Waals surface area contributed by atoms with Crippen molar-refractivity contribution in [2.45, 2.75) is 19.6 Å². The van der Waals surface area contributed by atoms with Crippen molar-refractivity contribution in [3.05, 3.63) is 82.6 Å². The average molecular weight is 413 g/mol. The standard InChI is InChI=1S/C22H15ClF2N2O2/c23-14-8-9-16-17(11-14)27-12-15-19(6-3-7-20(15)29-22(24)25)28-18-5-2-1-4-13(18)10-21(27)26-16/h1-9,11,22H,10,12H2. The molecule has 0 amide bonds. The number of alkyl halides is 2. The van der Waals surface area contributed by atoms with Gasteiger partial charge in [0, 0.05) is 17.0 Å². The molecule has 0 aliphatic carbocycles. The number of aromatic nitrogens is 2. The Labute approximate surface area is 170 Å². The smallest absolute Gasteiger partial charge is 0.387 e. The van der Waals surface area contributed by atoms with Crippen LogP contribution in [-0.4, -0.2) is 16.2 Å². The second-order valence-electron chi connectivity index (χ2n) is 6.75. The number of imidazole rings is 1. The number of rotatable bonds is 2. The molecule has 0 unspecified atom stereocenters. The summed E-state index contributed by atoms with van der Waals surface area (Å²) in [6.07, 6.45) is 0.529. The molecule has 0 radical (unpaired) electrons. The Balaban J connectivity index is 1.78. The molecule has 0 spiro atoms. The highest BCUT2D eigenvalue weighted by molar-refractivity contribution is 6.31. The molecule has 29 heavy (non-hydrogen) atoms. The highest BCUT2D eigenvalue weighted by Gasteiger charge is 2.22. The SMILES string of the molecule is FC(F)Oc1cccc2c1Cn1c(nc3ccc(Cl)cc31)Cc1ccccc1O2. The number of nitrogens with zero attached hydrogens (tertiary/aromatic N) is 2. The van der Waals surface area contributed by atoms with Crippen molar-refractivity contribution in [1.82, 2.24) is 9.55 Å². The monoisotopic (exact) mass is 412 g/mol. The highest BCUT2D eigenvalue weighted by atomic mass is 35.5. The van der Waals surface area contributed by atoms with E-state index < -0.39 is 6.61 Å². The fourth-order valence-corrected chi connectivity index (χ4v) is 3.82. The van der Waals surface area contributed by atoms with Gasteiger partial charge >= 0.3 is 6.61 Å². The summed E-state index contributed by atoms with van der Waals surface area (Å²) in [6, 6.07) is 18.0. The van der Waals surface area contributed by atoms with Gasteiger partial charge in [-0.15, -0.1) is 0 Å². The lowest BCUT2D eigenvalue weighted by molar-refractivity contribution is -0.0505. The van der Waals surface area contributed by atoms with Crippen LogP contribution in [0.15, 0.2) is 60.7 Å². The van der Waals surface area contributed by atoms with Gasteiger partial charge in [0.2, 0.25) is 0 Å². The van der Waals surface area contributed by atoms with Crippen LogP contribution in [0.3, 0.4) is 0 Å². The summed E-state index contributed by atoms with van der Waals surface area (Å²) in [5.74, 6) is 1.98. The third-order valence-electron chi connectivity index (χ3n) is 4.95. The molecule has 0 fully saturated rings. The summed E-state index contributed by atoms with van der Waals surface area (Å²) >= 11 is 6.22. The zero-order valence-electron chi connectivity index (χ0n) is 15.1. The molecule has 3 aromatic carbocycles. The molecule has 0 saturated carbocycles. The lowest BCUT2D eigenvalue weighted by atomic mass is 10.1. The molecule has 0 N–H and O–H groups in total. The van der Waals surface area contributed by atoms with E-state index in [2.05, 4.69) is 0 Å². The zero-order chi connectivity index (χ0) is 20.0. The summed E-state index contributed by atoms with van der Waals surface area (Å²) in [7, 11) is 0. The Bertz CT molecular complexity index is 1220. The van der Waals surface area contributed by atoms with Crippen molar-refractivity contribution in [3.8, 4) is 17.2 Å². The van der Waals surface area contributed by atoms with Gasteiger partial charge in [0.05, 0.1) is 23.1 Å². The predicted octanol–water partition coefficient (Wildman–Crippen LogP) is 6.04. The van der Waals surface area contributed by atoms with E-state index in [1.807, 2.05) is 41.0 Å². The van der Waals surface area contributed by atoms with E-state index in [0.29, 0.717) is 28.5 Å². The molecule has 2 heterocycles. The maximum atomic E-state index is 13.0. The quantitative estimate of drug-likeness (QED) is 0.355. The molecular weight excluding hydrogens is 398 g/mol. The Morgan fingerprint density at radius 1 is 1.03 bits per heavy atom. The highest BCUT2D eigenvalue weighted by Crippen LogP contribution is 2.38. The number of halogens is 3. The third kappa shape index (κ3) is 3.29. The first-order chi connectivity index (χ1) is 14.1. The largest absolute Gasteiger partial charge is 0.457 e. The minimum atomic E-state index is -2.94. The van der Waals surface area contributed by atoms with Crippen molar-refractivity contribution < 1.29 is 18.3 Å². The van der Waals surface area contributed by atoms with Gasteiger partial charge < -0.3 is 14.0 Å². The van der Waals surface area contributed by atoms with Gasteiger partial charge in [-0.1, -0.05) is 35.9 Å². The summed E-state index contributed by atoms with van der Waals surface area (Å²) < 4.78 is 39.0. The van der Waals surface area contributed by atoms with Gasteiger partial charge in [-0.2, -0.15) is 8.78 Å². The van der Waals surface area contributed by atoms with Crippen molar-refractivity contribution in [1.29, 1.82) is 0 Å². The van der Waals surface area contributed by atoms with Crippen LogP contribution in [0.5, 0.6) is 17.2 Å². The summed E-state index contributed by atoms with van der Waals surface area (Å²) in [4.78, 5) is 4.76. The van der Waals surface area contributed by atoms with E-state index in [-0.39, 0.29) is 12.3 Å². The molecular formula is C22H15ClF2N2O2. The molecule has 1 aromatic heterocycles. The van der Waals surface area contributed by atoms with Crippen LogP contribution in [0.25, 0.3) is 11.0 Å². The molecule has 1 aliphatic heterocycles. The molecule has 7 heteroatoms. The van der Waals surface area contributed by atoms with Crippen LogP contribution in [0.1, 0.15) is 17.0 Å². The molecule has 1 aliphatic rings. The van der Waals surface area contributed by atoms with Crippen LogP contribution in [0.2, 0.25) is 5.02 Å². The van der Waals surface area contributed by atoms with Crippen molar-refractivity contribution >= 4 is 22.6 Å². The molecule has 0 atom stereocenters. The van der Waals surface area contributed by atoms with Gasteiger partial charge in [-0.05, 0) is 36.4 Å². The van der Waals surface area contributed by atoms with Crippen LogP contribution < -0.4 is 9.47 Å². The summed E-state index contributed by atoms with van der Waals surface area (Å²) in [6.45, 7) is -2.67. The lowest BCUT2D eigenvalue weighted by Gasteiger charge is -2.16. The fraction of sp³-hybridized carbons (Fsp3) is 0.136. The molecule has 4 nitrogen and oxygen atoms in total. The molecule has 0 bridgehead atoms. The van der Waals surface area contributed by atoms with Gasteiger partial charge in [0.1, 0.15) is 23.1 Å². The Morgan fingerprint density at radius 3 is 2.72 bits per heavy atom. The van der Waals surface area contributed by atoms with Crippen molar-refractivity contribution in [3.63, 3.8) is 0 Å². The summed E-state index contributed by atoms with van der Waals surface area (Å²) in [5.41, 5.74) is 3.08. The first-order valence-electron chi connectivity index (χ1n) is 9.05. The van der Waals surface area contributed by atoms with Gasteiger partial charge in [0.15, 0.2) is 0 Å². The molecule has 4 aromatic rings. The molecule has 146 valence electrons. The van der Waals surface area contributed by atoms with E-state index in [9.17, 15) is 8.78 Å². The number of hydrogen-bond acceptors (Lipinski definition) is 3. The zero-order valence-corrected chi connectivity index (χ0v) is 15.9. The molecule has 5 rings (SSSR count). The fourth-order valence-electron chi connectivity index (χ4n) is 3.66. The van der Waals surface area contributed by atoms with E-state index in [1.165, 1.54) is 6.07 Å². The third-order valence-corrected chi connectivity index (χ3v) is 5.19. The van der Waals surface area contributed by atoms with E-state index in [4.69, 9.17) is 26.1 Å². The Morgan fingerprint density at radius 2 is 1.86 bits per heavy atom. The van der Waals surface area contributed by atoms with Gasteiger partial charge in [-0.25, -0.2) is 4.98 Å². The minimum absolute atomic E-state index is 0.0757. The Hall–Kier alpha value is -3.12. The van der Waals surface area contributed by atoms with E-state index >= 15 is 0 Å². The second kappa shape index (κ2) is 7.04. The number of fused-ring (bicyclic) bond motifs is 5. The number of para-hydroxylation sites is 1. The van der Waals surface area contributed by atoms with Crippen LogP contribution in [-0.2, 0) is 13.0 Å². The normalized spacial score (nSPS) is 13.0. The van der Waals surface area contributed by atoms with Crippen LogP contribution in [0, 0.1) is 0 Å². The lowest BCUT2D eigenvalue weighted by Crippen LogP contribution is -2.09. The van der Waals surface area contributed by atoms with E-state index in [1.54, 1.807) is 18.2 Å². The Kier molecular flexibility index (Phi) is 4.36. The maximum Gasteiger partial charge on any atom is 0.387 e.